The Bertz CT molecular complexity index is 454. The third-order valence-corrected chi connectivity index (χ3v) is 4.93. The van der Waals surface area contributed by atoms with Crippen LogP contribution in [-0.4, -0.2) is 37.3 Å². The Labute approximate surface area is 110 Å². The van der Waals surface area contributed by atoms with Crippen molar-refractivity contribution in [2.45, 2.75) is 38.1 Å². The summed E-state index contributed by atoms with van der Waals surface area (Å²) in [5.41, 5.74) is 0. The first-order chi connectivity index (χ1) is 8.74. The summed E-state index contributed by atoms with van der Waals surface area (Å²) in [4.78, 5) is 15.7. The van der Waals surface area contributed by atoms with Gasteiger partial charge in [-0.3, -0.25) is 0 Å². The summed E-state index contributed by atoms with van der Waals surface area (Å²) in [6.45, 7) is 0. The SMILES string of the molecule is O=C(O)C1CCCc2nc(CC3CCSC3)nn21. The lowest BCUT2D eigenvalue weighted by molar-refractivity contribution is -0.141. The van der Waals surface area contributed by atoms with Gasteiger partial charge in [-0.15, -0.1) is 0 Å². The summed E-state index contributed by atoms with van der Waals surface area (Å²) >= 11 is 1.99. The van der Waals surface area contributed by atoms with Gasteiger partial charge in [-0.1, -0.05) is 0 Å². The van der Waals surface area contributed by atoms with Gasteiger partial charge in [-0.2, -0.15) is 16.9 Å². The van der Waals surface area contributed by atoms with Crippen LogP contribution in [0.3, 0.4) is 0 Å². The molecular formula is C12H17N3O2S. The molecule has 2 atom stereocenters. The average molecular weight is 267 g/mol. The van der Waals surface area contributed by atoms with Crippen LogP contribution in [0.2, 0.25) is 0 Å². The molecule has 0 amide bonds. The van der Waals surface area contributed by atoms with E-state index in [0.717, 1.165) is 30.9 Å². The van der Waals surface area contributed by atoms with Crippen molar-refractivity contribution < 1.29 is 9.90 Å². The van der Waals surface area contributed by atoms with Crippen molar-refractivity contribution in [2.75, 3.05) is 11.5 Å². The van der Waals surface area contributed by atoms with Crippen LogP contribution in [-0.2, 0) is 17.6 Å². The Balaban J connectivity index is 1.79. The highest BCUT2D eigenvalue weighted by molar-refractivity contribution is 7.99. The molecule has 0 aromatic carbocycles. The normalized spacial score (nSPS) is 27.1. The number of carboxylic acids is 1. The van der Waals surface area contributed by atoms with E-state index in [0.29, 0.717) is 12.3 Å². The first-order valence-corrected chi connectivity index (χ1v) is 7.64. The van der Waals surface area contributed by atoms with E-state index in [4.69, 9.17) is 0 Å². The van der Waals surface area contributed by atoms with Crippen LogP contribution in [0.5, 0.6) is 0 Å². The van der Waals surface area contributed by atoms with Crippen LogP contribution in [0.25, 0.3) is 0 Å². The number of nitrogens with zero attached hydrogens (tertiary/aromatic N) is 3. The molecule has 0 saturated carbocycles. The van der Waals surface area contributed by atoms with Crippen LogP contribution >= 0.6 is 11.8 Å². The monoisotopic (exact) mass is 267 g/mol. The van der Waals surface area contributed by atoms with Gasteiger partial charge < -0.3 is 5.11 Å². The maximum absolute atomic E-state index is 11.2. The van der Waals surface area contributed by atoms with Crippen molar-refractivity contribution in [3.05, 3.63) is 11.6 Å². The molecule has 0 aliphatic carbocycles. The molecule has 1 saturated heterocycles. The predicted molar refractivity (Wildman–Crippen MR) is 68.8 cm³/mol. The topological polar surface area (TPSA) is 68.0 Å². The molecule has 3 rings (SSSR count). The van der Waals surface area contributed by atoms with Crippen molar-refractivity contribution in [2.24, 2.45) is 5.92 Å². The fraction of sp³-hybridized carbons (Fsp3) is 0.750. The lowest BCUT2D eigenvalue weighted by Crippen LogP contribution is -2.26. The lowest BCUT2D eigenvalue weighted by atomic mass is 10.1. The zero-order valence-electron chi connectivity index (χ0n) is 10.2. The predicted octanol–water partition coefficient (Wildman–Crippen LogP) is 1.54. The van der Waals surface area contributed by atoms with Gasteiger partial charge in [0.1, 0.15) is 5.82 Å². The van der Waals surface area contributed by atoms with E-state index in [1.54, 1.807) is 4.68 Å². The van der Waals surface area contributed by atoms with E-state index >= 15 is 0 Å². The van der Waals surface area contributed by atoms with E-state index in [-0.39, 0.29) is 0 Å². The van der Waals surface area contributed by atoms with Gasteiger partial charge in [-0.05, 0) is 36.7 Å². The highest BCUT2D eigenvalue weighted by Gasteiger charge is 2.29. The first-order valence-electron chi connectivity index (χ1n) is 6.49. The van der Waals surface area contributed by atoms with Gasteiger partial charge in [-0.25, -0.2) is 14.5 Å². The van der Waals surface area contributed by atoms with Crippen molar-refractivity contribution in [3.8, 4) is 0 Å². The zero-order valence-corrected chi connectivity index (χ0v) is 11.0. The number of thioether (sulfide) groups is 1. The lowest BCUT2D eigenvalue weighted by Gasteiger charge is -2.19. The molecule has 98 valence electrons. The van der Waals surface area contributed by atoms with Crippen LogP contribution < -0.4 is 0 Å². The van der Waals surface area contributed by atoms with Gasteiger partial charge in [0.2, 0.25) is 0 Å². The molecule has 1 fully saturated rings. The van der Waals surface area contributed by atoms with Crippen LogP contribution in [0.1, 0.15) is 37.0 Å². The zero-order chi connectivity index (χ0) is 12.5. The van der Waals surface area contributed by atoms with Crippen LogP contribution in [0.15, 0.2) is 0 Å². The summed E-state index contributed by atoms with van der Waals surface area (Å²) in [6, 6.07) is -0.507. The maximum atomic E-state index is 11.2. The molecule has 1 aromatic heterocycles. The van der Waals surface area contributed by atoms with Gasteiger partial charge >= 0.3 is 5.97 Å². The molecule has 2 aliphatic heterocycles. The van der Waals surface area contributed by atoms with Gasteiger partial charge in [0.15, 0.2) is 11.9 Å². The number of aliphatic carboxylic acids is 1. The maximum Gasteiger partial charge on any atom is 0.328 e. The Kier molecular flexibility index (Phi) is 3.28. The average Bonchev–Trinajstić information content (AvgIpc) is 2.96. The number of carboxylic acid groups (broad SMARTS) is 1. The second kappa shape index (κ2) is 4.91. The number of fused-ring (bicyclic) bond motifs is 1. The molecule has 2 aliphatic rings. The second-order valence-electron chi connectivity index (χ2n) is 5.07. The Morgan fingerprint density at radius 3 is 3.11 bits per heavy atom. The van der Waals surface area contributed by atoms with E-state index in [1.807, 2.05) is 11.8 Å². The van der Waals surface area contributed by atoms with Crippen molar-refractivity contribution >= 4 is 17.7 Å². The molecule has 0 spiro atoms. The molecule has 2 unspecified atom stereocenters. The second-order valence-corrected chi connectivity index (χ2v) is 6.22. The summed E-state index contributed by atoms with van der Waals surface area (Å²) < 4.78 is 1.64. The van der Waals surface area contributed by atoms with Crippen molar-refractivity contribution in [1.82, 2.24) is 14.8 Å². The summed E-state index contributed by atoms with van der Waals surface area (Å²) in [5.74, 6) is 3.99. The summed E-state index contributed by atoms with van der Waals surface area (Å²) in [7, 11) is 0. The van der Waals surface area contributed by atoms with Crippen molar-refractivity contribution in [3.63, 3.8) is 0 Å². The van der Waals surface area contributed by atoms with Crippen LogP contribution in [0.4, 0.5) is 0 Å². The van der Waals surface area contributed by atoms with E-state index < -0.39 is 12.0 Å². The Morgan fingerprint density at radius 1 is 1.50 bits per heavy atom. The molecule has 5 nitrogen and oxygen atoms in total. The number of hydrogen-bond acceptors (Lipinski definition) is 4. The number of rotatable bonds is 3. The third-order valence-electron chi connectivity index (χ3n) is 3.70. The summed E-state index contributed by atoms with van der Waals surface area (Å²) in [5, 5.41) is 13.6. The molecule has 0 radical (unpaired) electrons. The molecule has 18 heavy (non-hydrogen) atoms. The highest BCUT2D eigenvalue weighted by atomic mass is 32.2. The standard InChI is InChI=1S/C12H17N3O2S/c16-12(17)9-2-1-3-11-13-10(14-15(9)11)6-8-4-5-18-7-8/h8-9H,1-7H2,(H,16,17). The number of hydrogen-bond donors (Lipinski definition) is 1. The number of aromatic nitrogens is 3. The molecular weight excluding hydrogens is 250 g/mol. The molecule has 6 heteroatoms. The quantitative estimate of drug-likeness (QED) is 0.899. The van der Waals surface area contributed by atoms with E-state index in [9.17, 15) is 9.90 Å². The minimum absolute atomic E-state index is 0.507. The van der Waals surface area contributed by atoms with Crippen molar-refractivity contribution in [1.29, 1.82) is 0 Å². The fourth-order valence-electron chi connectivity index (χ4n) is 2.72. The number of carbonyl (C=O) groups is 1. The smallest absolute Gasteiger partial charge is 0.328 e. The van der Waals surface area contributed by atoms with E-state index in [1.165, 1.54) is 17.9 Å². The molecule has 0 bridgehead atoms. The summed E-state index contributed by atoms with van der Waals surface area (Å²) in [6.07, 6.45) is 4.56. The largest absolute Gasteiger partial charge is 0.480 e. The minimum atomic E-state index is -0.788. The molecule has 1 N–H and O–H groups in total. The van der Waals surface area contributed by atoms with E-state index in [2.05, 4.69) is 10.1 Å². The van der Waals surface area contributed by atoms with Crippen LogP contribution in [0, 0.1) is 5.92 Å². The fourth-order valence-corrected chi connectivity index (χ4v) is 4.00. The van der Waals surface area contributed by atoms with Gasteiger partial charge in [0, 0.05) is 12.8 Å². The third kappa shape index (κ3) is 2.25. The van der Waals surface area contributed by atoms with Gasteiger partial charge in [0.25, 0.3) is 0 Å². The number of aryl methyl sites for hydroxylation is 1. The minimum Gasteiger partial charge on any atom is -0.480 e. The first kappa shape index (κ1) is 12.0. The Morgan fingerprint density at radius 2 is 2.39 bits per heavy atom. The molecule has 1 aromatic rings. The molecule has 3 heterocycles. The Hall–Kier alpha value is -1.04. The highest BCUT2D eigenvalue weighted by Crippen LogP contribution is 2.27. The van der Waals surface area contributed by atoms with Gasteiger partial charge in [0.05, 0.1) is 0 Å².